The van der Waals surface area contributed by atoms with Gasteiger partial charge in [0.25, 0.3) is 0 Å². The summed E-state index contributed by atoms with van der Waals surface area (Å²) in [6.07, 6.45) is 2.07. The van der Waals surface area contributed by atoms with E-state index in [1.54, 1.807) is 0 Å². The van der Waals surface area contributed by atoms with E-state index >= 15 is 0 Å². The van der Waals surface area contributed by atoms with Crippen LogP contribution in [0.25, 0.3) is 0 Å². The maximum Gasteiger partial charge on any atom is 0.228 e. The van der Waals surface area contributed by atoms with Gasteiger partial charge in [0.1, 0.15) is 0 Å². The zero-order chi connectivity index (χ0) is 13.8. The summed E-state index contributed by atoms with van der Waals surface area (Å²) < 4.78 is 0. The number of piperidine rings is 1. The van der Waals surface area contributed by atoms with E-state index in [1.807, 2.05) is 6.92 Å². The Balaban J connectivity index is 2.09. The van der Waals surface area contributed by atoms with Crippen molar-refractivity contribution in [2.45, 2.75) is 39.5 Å². The highest BCUT2D eigenvalue weighted by Gasteiger charge is 2.21. The van der Waals surface area contributed by atoms with Crippen LogP contribution in [-0.2, 0) is 4.79 Å². The van der Waals surface area contributed by atoms with Gasteiger partial charge in [0, 0.05) is 12.2 Å². The van der Waals surface area contributed by atoms with Gasteiger partial charge in [-0.1, -0.05) is 26.0 Å². The molecule has 104 valence electrons. The number of carbonyl (C=O) groups is 1. The highest BCUT2D eigenvalue weighted by molar-refractivity contribution is 5.93. The Labute approximate surface area is 115 Å². The molecule has 1 fully saturated rings. The lowest BCUT2D eigenvalue weighted by Gasteiger charge is -2.22. The number of nitrogens with one attached hydrogen (secondary N) is 2. The van der Waals surface area contributed by atoms with Crippen molar-refractivity contribution in [3.63, 3.8) is 0 Å². The van der Waals surface area contributed by atoms with Gasteiger partial charge in [0.15, 0.2) is 0 Å². The minimum absolute atomic E-state index is 0.107. The third-order valence-corrected chi connectivity index (χ3v) is 3.85. The highest BCUT2D eigenvalue weighted by atomic mass is 16.1. The second-order valence-corrected chi connectivity index (χ2v) is 5.76. The number of aryl methyl sites for hydroxylation is 1. The number of hydrogen-bond acceptors (Lipinski definition) is 2. The summed E-state index contributed by atoms with van der Waals surface area (Å²) in [4.78, 5) is 12.2. The molecule has 3 nitrogen and oxygen atoms in total. The maximum absolute atomic E-state index is 12.2. The van der Waals surface area contributed by atoms with Gasteiger partial charge in [-0.2, -0.15) is 0 Å². The smallest absolute Gasteiger partial charge is 0.228 e. The van der Waals surface area contributed by atoms with Crippen LogP contribution in [0.3, 0.4) is 0 Å². The molecule has 1 amide bonds. The van der Waals surface area contributed by atoms with Crippen LogP contribution < -0.4 is 10.6 Å². The molecule has 0 aliphatic carbocycles. The van der Waals surface area contributed by atoms with E-state index in [0.717, 1.165) is 37.2 Å². The number of anilines is 1. The molecule has 19 heavy (non-hydrogen) atoms. The van der Waals surface area contributed by atoms with Crippen LogP contribution in [0, 0.1) is 12.8 Å². The SMILES string of the molecule is Cc1ccc(C(C)C)cc1NC(=O)C1CCCNC1. The van der Waals surface area contributed by atoms with Gasteiger partial charge in [-0.25, -0.2) is 0 Å². The molecule has 1 aliphatic heterocycles. The molecular weight excluding hydrogens is 236 g/mol. The number of benzene rings is 1. The van der Waals surface area contributed by atoms with Crippen molar-refractivity contribution >= 4 is 11.6 Å². The molecule has 2 N–H and O–H groups in total. The van der Waals surface area contributed by atoms with E-state index in [2.05, 4.69) is 42.7 Å². The summed E-state index contributed by atoms with van der Waals surface area (Å²) >= 11 is 0. The lowest BCUT2D eigenvalue weighted by molar-refractivity contribution is -0.120. The summed E-state index contributed by atoms with van der Waals surface area (Å²) in [5, 5.41) is 6.38. The topological polar surface area (TPSA) is 41.1 Å². The van der Waals surface area contributed by atoms with Crippen molar-refractivity contribution < 1.29 is 4.79 Å². The van der Waals surface area contributed by atoms with Crippen LogP contribution in [0.4, 0.5) is 5.69 Å². The number of amides is 1. The second-order valence-electron chi connectivity index (χ2n) is 5.76. The summed E-state index contributed by atoms with van der Waals surface area (Å²) in [5.41, 5.74) is 3.35. The van der Waals surface area contributed by atoms with Crippen molar-refractivity contribution in [1.82, 2.24) is 5.32 Å². The maximum atomic E-state index is 12.2. The Bertz CT molecular complexity index is 448. The van der Waals surface area contributed by atoms with E-state index in [0.29, 0.717) is 5.92 Å². The molecule has 1 aliphatic rings. The van der Waals surface area contributed by atoms with Crippen LogP contribution >= 0.6 is 0 Å². The largest absolute Gasteiger partial charge is 0.326 e. The standard InChI is InChI=1S/C16H24N2O/c1-11(2)13-7-6-12(3)15(9-13)18-16(19)14-5-4-8-17-10-14/h6-7,9,11,14,17H,4-5,8,10H2,1-3H3,(H,18,19). The highest BCUT2D eigenvalue weighted by Crippen LogP contribution is 2.23. The van der Waals surface area contributed by atoms with Crippen molar-refractivity contribution in [3.8, 4) is 0 Å². The van der Waals surface area contributed by atoms with Crippen LogP contribution in [0.15, 0.2) is 18.2 Å². The molecule has 1 aromatic carbocycles. The van der Waals surface area contributed by atoms with Gasteiger partial charge in [0.05, 0.1) is 5.92 Å². The van der Waals surface area contributed by atoms with Gasteiger partial charge >= 0.3 is 0 Å². The minimum Gasteiger partial charge on any atom is -0.326 e. The van der Waals surface area contributed by atoms with Gasteiger partial charge < -0.3 is 10.6 Å². The fraction of sp³-hybridized carbons (Fsp3) is 0.562. The summed E-state index contributed by atoms with van der Waals surface area (Å²) in [5.74, 6) is 0.736. The first kappa shape index (κ1) is 14.1. The van der Waals surface area contributed by atoms with Gasteiger partial charge in [-0.05, 0) is 49.4 Å². The molecular formula is C16H24N2O. The molecule has 0 saturated carbocycles. The van der Waals surface area contributed by atoms with Crippen molar-refractivity contribution in [2.24, 2.45) is 5.92 Å². The molecule has 2 rings (SSSR count). The lowest BCUT2D eigenvalue weighted by Crippen LogP contribution is -2.37. The van der Waals surface area contributed by atoms with Crippen molar-refractivity contribution in [3.05, 3.63) is 29.3 Å². The van der Waals surface area contributed by atoms with E-state index < -0.39 is 0 Å². The quantitative estimate of drug-likeness (QED) is 0.877. The molecule has 0 radical (unpaired) electrons. The average Bonchev–Trinajstić information content (AvgIpc) is 2.42. The third-order valence-electron chi connectivity index (χ3n) is 3.85. The first-order chi connectivity index (χ1) is 9.08. The number of rotatable bonds is 3. The van der Waals surface area contributed by atoms with Crippen LogP contribution in [0.5, 0.6) is 0 Å². The molecule has 0 spiro atoms. The summed E-state index contributed by atoms with van der Waals surface area (Å²) in [7, 11) is 0. The molecule has 0 aromatic heterocycles. The Morgan fingerprint density at radius 3 is 2.84 bits per heavy atom. The van der Waals surface area contributed by atoms with E-state index in [9.17, 15) is 4.79 Å². The lowest BCUT2D eigenvalue weighted by atomic mass is 9.97. The molecule has 1 atom stereocenters. The van der Waals surface area contributed by atoms with E-state index in [1.165, 1.54) is 5.56 Å². The van der Waals surface area contributed by atoms with E-state index in [-0.39, 0.29) is 11.8 Å². The molecule has 1 aromatic rings. The number of carbonyl (C=O) groups excluding carboxylic acids is 1. The van der Waals surface area contributed by atoms with Gasteiger partial charge in [-0.3, -0.25) is 4.79 Å². The molecule has 1 unspecified atom stereocenters. The molecule has 1 saturated heterocycles. The van der Waals surface area contributed by atoms with E-state index in [4.69, 9.17) is 0 Å². The number of hydrogen-bond donors (Lipinski definition) is 2. The van der Waals surface area contributed by atoms with Gasteiger partial charge in [0.2, 0.25) is 5.91 Å². The first-order valence-corrected chi connectivity index (χ1v) is 7.20. The molecule has 1 heterocycles. The molecule has 0 bridgehead atoms. The monoisotopic (exact) mass is 260 g/mol. The average molecular weight is 260 g/mol. The zero-order valence-corrected chi connectivity index (χ0v) is 12.1. The predicted octanol–water partition coefficient (Wildman–Crippen LogP) is 3.06. The van der Waals surface area contributed by atoms with Crippen molar-refractivity contribution in [1.29, 1.82) is 0 Å². The van der Waals surface area contributed by atoms with Crippen LogP contribution in [-0.4, -0.2) is 19.0 Å². The summed E-state index contributed by atoms with van der Waals surface area (Å²) in [6.45, 7) is 8.21. The second kappa shape index (κ2) is 6.20. The van der Waals surface area contributed by atoms with Crippen LogP contribution in [0.1, 0.15) is 43.7 Å². The third kappa shape index (κ3) is 3.57. The normalized spacial score (nSPS) is 19.5. The van der Waals surface area contributed by atoms with Gasteiger partial charge in [-0.15, -0.1) is 0 Å². The Morgan fingerprint density at radius 1 is 1.42 bits per heavy atom. The van der Waals surface area contributed by atoms with Crippen LogP contribution in [0.2, 0.25) is 0 Å². The minimum atomic E-state index is 0.107. The predicted molar refractivity (Wildman–Crippen MR) is 79.5 cm³/mol. The first-order valence-electron chi connectivity index (χ1n) is 7.20. The fourth-order valence-electron chi connectivity index (χ4n) is 2.44. The Morgan fingerprint density at radius 2 is 2.21 bits per heavy atom. The zero-order valence-electron chi connectivity index (χ0n) is 12.1. The Kier molecular flexibility index (Phi) is 4.59. The Hall–Kier alpha value is -1.35. The van der Waals surface area contributed by atoms with Crippen molar-refractivity contribution in [2.75, 3.05) is 18.4 Å². The molecule has 3 heteroatoms. The fourth-order valence-corrected chi connectivity index (χ4v) is 2.44. The summed E-state index contributed by atoms with van der Waals surface area (Å²) in [6, 6.07) is 6.33.